The van der Waals surface area contributed by atoms with Gasteiger partial charge in [0.25, 0.3) is 0 Å². The number of carbonyl (C=O) groups is 4. The summed E-state index contributed by atoms with van der Waals surface area (Å²) in [7, 11) is 0. The summed E-state index contributed by atoms with van der Waals surface area (Å²) in [6.07, 6.45) is 3.56. The summed E-state index contributed by atoms with van der Waals surface area (Å²) in [5, 5.41) is 7.78. The van der Waals surface area contributed by atoms with E-state index in [-0.39, 0.29) is 12.5 Å². The van der Waals surface area contributed by atoms with Crippen LogP contribution >= 0.6 is 0 Å². The van der Waals surface area contributed by atoms with Crippen molar-refractivity contribution in [2.45, 2.75) is 58.5 Å². The first-order valence-corrected chi connectivity index (χ1v) is 11.2. The van der Waals surface area contributed by atoms with Crippen LogP contribution in [0, 0.1) is 5.92 Å². The Morgan fingerprint density at radius 1 is 1.00 bits per heavy atom. The van der Waals surface area contributed by atoms with Crippen LogP contribution in [0.1, 0.15) is 52.0 Å². The number of hydrogen-bond acceptors (Lipinski definition) is 5. The minimum absolute atomic E-state index is 0.159. The lowest BCUT2D eigenvalue weighted by Gasteiger charge is -2.20. The van der Waals surface area contributed by atoms with Crippen LogP contribution < -0.4 is 27.4 Å². The Morgan fingerprint density at radius 2 is 1.67 bits per heavy atom. The van der Waals surface area contributed by atoms with Gasteiger partial charge in [-0.3, -0.25) is 19.2 Å². The number of rotatable bonds is 14. The average molecular weight is 460 g/mol. The van der Waals surface area contributed by atoms with Crippen molar-refractivity contribution in [1.29, 1.82) is 0 Å². The molecule has 9 nitrogen and oxygen atoms in total. The molecule has 0 aliphatic heterocycles. The molecule has 0 bridgehead atoms. The Labute approximate surface area is 195 Å². The molecule has 1 aromatic carbocycles. The molecule has 4 amide bonds. The highest BCUT2D eigenvalue weighted by molar-refractivity contribution is 5.98. The molecule has 182 valence electrons. The number of amides is 4. The molecular formula is C24H37N5O4. The fraction of sp³-hybridized carbons (Fsp3) is 0.500. The lowest BCUT2D eigenvalue weighted by atomic mass is 10.0. The average Bonchev–Trinajstić information content (AvgIpc) is 2.76. The lowest BCUT2D eigenvalue weighted by Crippen LogP contribution is -2.51. The first-order chi connectivity index (χ1) is 15.6. The second-order valence-electron chi connectivity index (χ2n) is 8.41. The molecule has 0 aliphatic rings. The molecule has 0 aromatic heterocycles. The van der Waals surface area contributed by atoms with Gasteiger partial charge in [0.15, 0.2) is 0 Å². The second-order valence-corrected chi connectivity index (χ2v) is 8.41. The highest BCUT2D eigenvalue weighted by Gasteiger charge is 2.22. The van der Waals surface area contributed by atoms with Crippen molar-refractivity contribution in [2.24, 2.45) is 17.4 Å². The molecule has 7 N–H and O–H groups in total. The molecule has 2 atom stereocenters. The molecule has 0 saturated carbocycles. The Kier molecular flexibility index (Phi) is 12.5. The Balaban J connectivity index is 2.73. The third-order valence-electron chi connectivity index (χ3n) is 4.97. The standard InChI is InChI=1S/C24H37N5O4/c1-16(2)13-20(23(26)32)29-22(31)15-27-24(33)19(11-7-8-12-25)28-21(30)14-17(3)18-9-5-4-6-10-18/h4-6,9-10,14,16,19-20H,7-8,11-13,15,25H2,1-3H3,(H2,26,32)(H,27,33)(H,28,30)(H,29,31)/b17-14+/t19-,20-/m0/s1. The summed E-state index contributed by atoms with van der Waals surface area (Å²) >= 11 is 0. The molecule has 0 spiro atoms. The fourth-order valence-corrected chi connectivity index (χ4v) is 3.21. The SMILES string of the molecule is C/C(=C\C(=O)N[C@@H](CCCCN)C(=O)NCC(=O)N[C@@H](CC(C)C)C(N)=O)c1ccccc1. The summed E-state index contributed by atoms with van der Waals surface area (Å²) in [6, 6.07) is 7.80. The molecule has 0 aliphatic carbocycles. The number of hydrogen-bond donors (Lipinski definition) is 5. The summed E-state index contributed by atoms with van der Waals surface area (Å²) in [5.74, 6) is -1.89. The van der Waals surface area contributed by atoms with E-state index < -0.39 is 35.7 Å². The Morgan fingerprint density at radius 3 is 2.24 bits per heavy atom. The summed E-state index contributed by atoms with van der Waals surface area (Å²) in [5.41, 5.74) is 12.5. The van der Waals surface area contributed by atoms with E-state index in [9.17, 15) is 19.2 Å². The molecule has 1 rings (SSSR count). The van der Waals surface area contributed by atoms with Gasteiger partial charge in [-0.25, -0.2) is 0 Å². The van der Waals surface area contributed by atoms with Gasteiger partial charge < -0.3 is 27.4 Å². The van der Waals surface area contributed by atoms with Crippen molar-refractivity contribution in [3.63, 3.8) is 0 Å². The van der Waals surface area contributed by atoms with Gasteiger partial charge in [-0.2, -0.15) is 0 Å². The first-order valence-electron chi connectivity index (χ1n) is 11.2. The maximum Gasteiger partial charge on any atom is 0.244 e. The number of unbranched alkanes of at least 4 members (excludes halogenated alkanes) is 1. The second kappa shape index (κ2) is 14.8. The number of benzene rings is 1. The summed E-state index contributed by atoms with van der Waals surface area (Å²) in [6.45, 7) is 5.78. The molecule has 1 aromatic rings. The predicted molar refractivity (Wildman–Crippen MR) is 129 cm³/mol. The van der Waals surface area contributed by atoms with Gasteiger partial charge in [-0.05, 0) is 56.2 Å². The number of primary amides is 1. The van der Waals surface area contributed by atoms with Gasteiger partial charge >= 0.3 is 0 Å². The van der Waals surface area contributed by atoms with E-state index in [1.165, 1.54) is 6.08 Å². The van der Waals surface area contributed by atoms with Crippen LogP contribution in [0.25, 0.3) is 5.57 Å². The molecule has 0 unspecified atom stereocenters. The molecule has 9 heteroatoms. The quantitative estimate of drug-likeness (QED) is 0.206. The summed E-state index contributed by atoms with van der Waals surface area (Å²) in [4.78, 5) is 48.9. The van der Waals surface area contributed by atoms with E-state index in [4.69, 9.17) is 11.5 Å². The van der Waals surface area contributed by atoms with Crippen LogP contribution in [0.2, 0.25) is 0 Å². The van der Waals surface area contributed by atoms with Gasteiger partial charge in [0.2, 0.25) is 23.6 Å². The minimum atomic E-state index is -0.820. The van der Waals surface area contributed by atoms with Crippen LogP contribution in [0.15, 0.2) is 36.4 Å². The van der Waals surface area contributed by atoms with Crippen molar-refractivity contribution in [2.75, 3.05) is 13.1 Å². The van der Waals surface area contributed by atoms with Gasteiger partial charge in [-0.15, -0.1) is 0 Å². The van der Waals surface area contributed by atoms with Crippen molar-refractivity contribution >= 4 is 29.2 Å². The molecule has 0 heterocycles. The predicted octanol–water partition coefficient (Wildman–Crippen LogP) is 0.836. The van der Waals surface area contributed by atoms with Crippen molar-refractivity contribution < 1.29 is 19.2 Å². The lowest BCUT2D eigenvalue weighted by molar-refractivity contribution is -0.130. The van der Waals surface area contributed by atoms with Gasteiger partial charge in [0.1, 0.15) is 12.1 Å². The van der Waals surface area contributed by atoms with E-state index >= 15 is 0 Å². The van der Waals surface area contributed by atoms with Crippen LogP contribution in [0.5, 0.6) is 0 Å². The third-order valence-corrected chi connectivity index (χ3v) is 4.97. The summed E-state index contributed by atoms with van der Waals surface area (Å²) < 4.78 is 0. The normalized spacial score (nSPS) is 13.2. The van der Waals surface area contributed by atoms with E-state index in [0.717, 1.165) is 11.1 Å². The highest BCUT2D eigenvalue weighted by atomic mass is 16.2. The number of nitrogens with one attached hydrogen (secondary N) is 3. The van der Waals surface area contributed by atoms with E-state index in [1.54, 1.807) is 0 Å². The van der Waals surface area contributed by atoms with Crippen LogP contribution in [0.3, 0.4) is 0 Å². The van der Waals surface area contributed by atoms with Crippen LogP contribution in [-0.4, -0.2) is 48.8 Å². The molecule has 0 saturated heterocycles. The van der Waals surface area contributed by atoms with E-state index in [1.807, 2.05) is 51.1 Å². The fourth-order valence-electron chi connectivity index (χ4n) is 3.21. The smallest absolute Gasteiger partial charge is 0.244 e. The van der Waals surface area contributed by atoms with Crippen molar-refractivity contribution in [3.05, 3.63) is 42.0 Å². The van der Waals surface area contributed by atoms with Gasteiger partial charge in [0, 0.05) is 6.08 Å². The van der Waals surface area contributed by atoms with E-state index in [2.05, 4.69) is 16.0 Å². The van der Waals surface area contributed by atoms with Crippen LogP contribution in [0.4, 0.5) is 0 Å². The Bertz CT molecular complexity index is 823. The third kappa shape index (κ3) is 11.3. The number of carbonyl (C=O) groups excluding carboxylic acids is 4. The molecule has 0 fully saturated rings. The molecule has 0 radical (unpaired) electrons. The number of allylic oxidation sites excluding steroid dienone is 1. The molecular weight excluding hydrogens is 422 g/mol. The largest absolute Gasteiger partial charge is 0.368 e. The van der Waals surface area contributed by atoms with Gasteiger partial charge in [0.05, 0.1) is 6.54 Å². The maximum atomic E-state index is 12.7. The van der Waals surface area contributed by atoms with Crippen molar-refractivity contribution in [1.82, 2.24) is 16.0 Å². The van der Waals surface area contributed by atoms with Crippen LogP contribution in [-0.2, 0) is 19.2 Å². The zero-order chi connectivity index (χ0) is 24.8. The molecule has 33 heavy (non-hydrogen) atoms. The van der Waals surface area contributed by atoms with Gasteiger partial charge in [-0.1, -0.05) is 44.2 Å². The zero-order valence-electron chi connectivity index (χ0n) is 19.7. The van der Waals surface area contributed by atoms with E-state index in [0.29, 0.717) is 32.2 Å². The minimum Gasteiger partial charge on any atom is -0.368 e. The first kappa shape index (κ1) is 27.8. The zero-order valence-corrected chi connectivity index (χ0v) is 19.7. The monoisotopic (exact) mass is 459 g/mol. The number of nitrogens with two attached hydrogens (primary N) is 2. The highest BCUT2D eigenvalue weighted by Crippen LogP contribution is 2.12. The van der Waals surface area contributed by atoms with Crippen molar-refractivity contribution in [3.8, 4) is 0 Å². The Hall–Kier alpha value is -3.20. The topological polar surface area (TPSA) is 156 Å². The maximum absolute atomic E-state index is 12.7.